The molecule has 4 nitrogen and oxygen atoms in total. The van der Waals surface area contributed by atoms with E-state index in [1.54, 1.807) is 23.7 Å². The summed E-state index contributed by atoms with van der Waals surface area (Å²) in [5, 5.41) is 1.55. The second-order valence-corrected chi connectivity index (χ2v) is 5.81. The van der Waals surface area contributed by atoms with Crippen LogP contribution in [0.4, 0.5) is 13.2 Å². The maximum atomic E-state index is 13.2. The average Bonchev–Trinajstić information content (AvgIpc) is 2.88. The zero-order chi connectivity index (χ0) is 17.9. The lowest BCUT2D eigenvalue weighted by Crippen LogP contribution is -2.26. The van der Waals surface area contributed by atoms with Crippen LogP contribution in [0.15, 0.2) is 47.3 Å². The van der Waals surface area contributed by atoms with E-state index in [2.05, 4.69) is 0 Å². The zero-order valence-electron chi connectivity index (χ0n) is 13.4. The van der Waals surface area contributed by atoms with Gasteiger partial charge in [0, 0.05) is 28.7 Å². The summed E-state index contributed by atoms with van der Waals surface area (Å²) in [6.45, 7) is 0. The number of pyridine rings is 1. The summed E-state index contributed by atoms with van der Waals surface area (Å²) in [7, 11) is 3.03. The Bertz CT molecular complexity index is 1200. The van der Waals surface area contributed by atoms with Gasteiger partial charge in [0.15, 0.2) is 0 Å². The second-order valence-electron chi connectivity index (χ2n) is 5.81. The van der Waals surface area contributed by atoms with Gasteiger partial charge in [-0.1, -0.05) is 18.2 Å². The summed E-state index contributed by atoms with van der Waals surface area (Å²) < 4.78 is 42.3. The fraction of sp³-hybridized carbons (Fsp3) is 0.167. The fourth-order valence-electron chi connectivity index (χ4n) is 3.39. The third-order valence-corrected chi connectivity index (χ3v) is 4.49. The molecule has 0 saturated carbocycles. The molecule has 2 aromatic carbocycles. The van der Waals surface area contributed by atoms with Gasteiger partial charge in [0.05, 0.1) is 11.1 Å². The van der Waals surface area contributed by atoms with E-state index in [0.29, 0.717) is 21.8 Å². The van der Waals surface area contributed by atoms with Crippen molar-refractivity contribution < 1.29 is 18.0 Å². The molecule has 128 valence electrons. The van der Waals surface area contributed by atoms with Gasteiger partial charge in [-0.3, -0.25) is 4.79 Å². The molecule has 0 radical (unpaired) electrons. The van der Waals surface area contributed by atoms with Crippen molar-refractivity contribution in [1.29, 1.82) is 0 Å². The molecular weight excluding hydrogens is 333 g/mol. The number of aryl methyl sites for hydroxylation is 1. The van der Waals surface area contributed by atoms with Crippen LogP contribution < -0.4 is 10.4 Å². The molecule has 0 fully saturated rings. The molecule has 7 heteroatoms. The van der Waals surface area contributed by atoms with Crippen LogP contribution in [0.25, 0.3) is 32.7 Å². The molecule has 0 N–H and O–H groups in total. The van der Waals surface area contributed by atoms with Crippen LogP contribution in [0.5, 0.6) is 0 Å². The van der Waals surface area contributed by atoms with Crippen molar-refractivity contribution in [3.63, 3.8) is 0 Å². The summed E-state index contributed by atoms with van der Waals surface area (Å²) in [6, 6.07) is 10.5. The number of halogens is 3. The minimum absolute atomic E-state index is 0.296. The lowest BCUT2D eigenvalue weighted by molar-refractivity contribution is -0.137. The molecule has 0 aliphatic heterocycles. The summed E-state index contributed by atoms with van der Waals surface area (Å²) in [4.78, 5) is 18.0. The van der Waals surface area contributed by atoms with Crippen molar-refractivity contribution >= 4 is 32.7 Å². The van der Waals surface area contributed by atoms with E-state index in [9.17, 15) is 18.0 Å². The monoisotopic (exact) mass is 346 g/mol. The third kappa shape index (κ3) is 2.05. The minimum atomic E-state index is -4.47. The topological polar surface area (TPSA) is 36.2 Å². The summed E-state index contributed by atoms with van der Waals surface area (Å²) >= 11 is 0. The molecule has 0 atom stereocenters. The Hall–Kier alpha value is -2.96. The highest BCUT2D eigenvalue weighted by molar-refractivity contribution is 6.19. The predicted molar refractivity (Wildman–Crippen MR) is 89.7 cm³/mol. The van der Waals surface area contributed by atoms with Crippen molar-refractivity contribution in [3.05, 3.63) is 58.4 Å². The van der Waals surface area contributed by atoms with Crippen LogP contribution in [-0.2, 0) is 13.2 Å². The molecule has 0 bridgehead atoms. The maximum Gasteiger partial charge on any atom is 0.416 e. The summed E-state index contributed by atoms with van der Waals surface area (Å²) in [5.41, 5.74) is 0.181. The van der Waals surface area contributed by atoms with E-state index in [0.717, 1.165) is 27.8 Å². The number of aromatic nitrogens is 2. The van der Waals surface area contributed by atoms with Crippen molar-refractivity contribution in [1.82, 2.24) is 9.30 Å². The van der Waals surface area contributed by atoms with E-state index in [1.807, 2.05) is 12.1 Å². The first kappa shape index (κ1) is 15.6. The first-order valence-corrected chi connectivity index (χ1v) is 7.52. The Labute approximate surface area is 139 Å². The van der Waals surface area contributed by atoms with Crippen molar-refractivity contribution in [2.24, 2.45) is 7.05 Å². The van der Waals surface area contributed by atoms with E-state index < -0.39 is 17.3 Å². The average molecular weight is 346 g/mol. The van der Waals surface area contributed by atoms with Crippen LogP contribution in [0.1, 0.15) is 5.56 Å². The molecule has 0 aliphatic rings. The second kappa shape index (κ2) is 5.02. The van der Waals surface area contributed by atoms with Crippen LogP contribution in [0.2, 0.25) is 0 Å². The maximum absolute atomic E-state index is 13.2. The third-order valence-electron chi connectivity index (χ3n) is 4.49. The van der Waals surface area contributed by atoms with Crippen molar-refractivity contribution in [3.8, 4) is 0 Å². The number of benzene rings is 2. The van der Waals surface area contributed by atoms with Gasteiger partial charge >= 0.3 is 11.7 Å². The first-order chi connectivity index (χ1) is 11.8. The molecular formula is C18H13F3N2O2. The number of para-hydroxylation sites is 1. The van der Waals surface area contributed by atoms with Gasteiger partial charge in [0.2, 0.25) is 0 Å². The SMILES string of the molecule is COn1c(=O)c2c(c3cc(C(F)(F)F)ccc31)c1ccccc1n2C. The lowest BCUT2D eigenvalue weighted by Gasteiger charge is -2.13. The summed E-state index contributed by atoms with van der Waals surface area (Å²) in [6.07, 6.45) is -4.47. The van der Waals surface area contributed by atoms with Gasteiger partial charge in [-0.05, 0) is 24.3 Å². The number of rotatable bonds is 1. The first-order valence-electron chi connectivity index (χ1n) is 7.52. The van der Waals surface area contributed by atoms with Gasteiger partial charge in [-0.25, -0.2) is 0 Å². The number of nitrogens with zero attached hydrogens (tertiary/aromatic N) is 2. The Morgan fingerprint density at radius 3 is 2.40 bits per heavy atom. The van der Waals surface area contributed by atoms with Gasteiger partial charge < -0.3 is 9.40 Å². The molecule has 0 spiro atoms. The standard InChI is InChI=1S/C18H13F3N2O2/c1-22-13-6-4-3-5-11(13)15-12-9-10(18(19,20)21)7-8-14(12)23(25-2)17(24)16(15)22/h3-9H,1-2H3. The molecule has 0 unspecified atom stereocenters. The van der Waals surface area contributed by atoms with Crippen LogP contribution in [0.3, 0.4) is 0 Å². The molecule has 0 amide bonds. The number of hydrogen-bond donors (Lipinski definition) is 0. The van der Waals surface area contributed by atoms with Crippen LogP contribution >= 0.6 is 0 Å². The minimum Gasteiger partial charge on any atom is -0.413 e. The molecule has 0 saturated heterocycles. The quantitative estimate of drug-likeness (QED) is 0.527. The van der Waals surface area contributed by atoms with E-state index in [1.165, 1.54) is 13.2 Å². The van der Waals surface area contributed by atoms with Gasteiger partial charge in [0.1, 0.15) is 12.6 Å². The highest BCUT2D eigenvalue weighted by Crippen LogP contribution is 2.36. The Morgan fingerprint density at radius 2 is 1.72 bits per heavy atom. The molecule has 25 heavy (non-hydrogen) atoms. The highest BCUT2D eigenvalue weighted by atomic mass is 19.4. The van der Waals surface area contributed by atoms with E-state index >= 15 is 0 Å². The Balaban J connectivity index is 2.35. The molecule has 0 aliphatic carbocycles. The molecule has 4 aromatic rings. The Kier molecular flexibility index (Phi) is 3.12. The van der Waals surface area contributed by atoms with E-state index in [4.69, 9.17) is 4.84 Å². The molecule has 2 aromatic heterocycles. The van der Waals surface area contributed by atoms with Gasteiger partial charge in [-0.2, -0.15) is 13.2 Å². The largest absolute Gasteiger partial charge is 0.416 e. The van der Waals surface area contributed by atoms with Crippen LogP contribution in [0, 0.1) is 0 Å². The van der Waals surface area contributed by atoms with Gasteiger partial charge in [-0.15, -0.1) is 4.73 Å². The summed E-state index contributed by atoms with van der Waals surface area (Å²) in [5.74, 6) is 0. The van der Waals surface area contributed by atoms with E-state index in [-0.39, 0.29) is 0 Å². The normalized spacial score (nSPS) is 12.4. The van der Waals surface area contributed by atoms with Crippen molar-refractivity contribution in [2.45, 2.75) is 6.18 Å². The predicted octanol–water partition coefficient (Wildman–Crippen LogP) is 3.72. The smallest absolute Gasteiger partial charge is 0.413 e. The zero-order valence-corrected chi connectivity index (χ0v) is 13.4. The molecule has 2 heterocycles. The number of hydrogen-bond acceptors (Lipinski definition) is 2. The van der Waals surface area contributed by atoms with Crippen LogP contribution in [-0.4, -0.2) is 16.4 Å². The van der Waals surface area contributed by atoms with Crippen molar-refractivity contribution in [2.75, 3.05) is 7.11 Å². The Morgan fingerprint density at radius 1 is 1.00 bits per heavy atom. The molecule has 4 rings (SSSR count). The fourth-order valence-corrected chi connectivity index (χ4v) is 3.39. The highest BCUT2D eigenvalue weighted by Gasteiger charge is 2.31. The van der Waals surface area contributed by atoms with Gasteiger partial charge in [0.25, 0.3) is 0 Å². The number of fused-ring (bicyclic) bond motifs is 5. The number of alkyl halides is 3. The lowest BCUT2D eigenvalue weighted by atomic mass is 10.0.